The molecule has 2 nitrogen and oxygen atoms in total. The van der Waals surface area contributed by atoms with Gasteiger partial charge in [-0.15, -0.1) is 0 Å². The highest BCUT2D eigenvalue weighted by Gasteiger charge is 2.24. The van der Waals surface area contributed by atoms with Crippen LogP contribution < -0.4 is 5.32 Å². The van der Waals surface area contributed by atoms with E-state index in [1.165, 1.54) is 32.2 Å². The predicted octanol–water partition coefficient (Wildman–Crippen LogP) is 2.83. The minimum Gasteiger partial charge on any atom is -0.378 e. The van der Waals surface area contributed by atoms with E-state index in [1.807, 2.05) is 0 Å². The molecule has 1 saturated carbocycles. The van der Waals surface area contributed by atoms with Crippen LogP contribution in [0.25, 0.3) is 0 Å². The molecule has 2 atom stereocenters. The first-order valence-electron chi connectivity index (χ1n) is 6.56. The molecule has 0 aliphatic heterocycles. The van der Waals surface area contributed by atoms with Gasteiger partial charge in [-0.05, 0) is 51.6 Å². The third-order valence-electron chi connectivity index (χ3n) is 3.37. The van der Waals surface area contributed by atoms with Crippen molar-refractivity contribution in [1.82, 2.24) is 5.32 Å². The van der Waals surface area contributed by atoms with Crippen LogP contribution in [0.2, 0.25) is 0 Å². The van der Waals surface area contributed by atoms with Crippen molar-refractivity contribution in [2.24, 2.45) is 11.8 Å². The van der Waals surface area contributed by atoms with Gasteiger partial charge in [0.15, 0.2) is 0 Å². The standard InChI is InChI=1S/C13H27NO/c1-4-14-9-12-7-5-6-8-13(12)10-15-11(2)3/h11-14H,4-10H2,1-3H3. The molecule has 1 aliphatic carbocycles. The van der Waals surface area contributed by atoms with Gasteiger partial charge in [0, 0.05) is 0 Å². The topological polar surface area (TPSA) is 21.3 Å². The Morgan fingerprint density at radius 2 is 1.87 bits per heavy atom. The second-order valence-corrected chi connectivity index (χ2v) is 4.99. The van der Waals surface area contributed by atoms with Gasteiger partial charge in [0.25, 0.3) is 0 Å². The van der Waals surface area contributed by atoms with Crippen LogP contribution in [0.4, 0.5) is 0 Å². The summed E-state index contributed by atoms with van der Waals surface area (Å²) in [5.74, 6) is 1.64. The molecule has 2 heteroatoms. The average Bonchev–Trinajstić information content (AvgIpc) is 2.24. The molecule has 0 radical (unpaired) electrons. The zero-order valence-corrected chi connectivity index (χ0v) is 10.6. The maximum absolute atomic E-state index is 5.76. The van der Waals surface area contributed by atoms with Gasteiger partial charge in [-0.3, -0.25) is 0 Å². The summed E-state index contributed by atoms with van der Waals surface area (Å²) >= 11 is 0. The Hall–Kier alpha value is -0.0800. The van der Waals surface area contributed by atoms with Crippen molar-refractivity contribution in [3.8, 4) is 0 Å². The van der Waals surface area contributed by atoms with E-state index in [9.17, 15) is 0 Å². The molecule has 1 aliphatic rings. The van der Waals surface area contributed by atoms with Crippen molar-refractivity contribution in [2.75, 3.05) is 19.7 Å². The summed E-state index contributed by atoms with van der Waals surface area (Å²) in [5.41, 5.74) is 0. The SMILES string of the molecule is CCNCC1CCCCC1COC(C)C. The Morgan fingerprint density at radius 1 is 1.20 bits per heavy atom. The lowest BCUT2D eigenvalue weighted by Gasteiger charge is -2.32. The molecule has 15 heavy (non-hydrogen) atoms. The smallest absolute Gasteiger partial charge is 0.0519 e. The molecule has 0 aromatic rings. The van der Waals surface area contributed by atoms with Crippen molar-refractivity contribution < 1.29 is 4.74 Å². The van der Waals surface area contributed by atoms with Gasteiger partial charge >= 0.3 is 0 Å². The molecule has 0 spiro atoms. The molecule has 0 amide bonds. The van der Waals surface area contributed by atoms with E-state index in [0.29, 0.717) is 6.10 Å². The average molecular weight is 213 g/mol. The van der Waals surface area contributed by atoms with Gasteiger partial charge in [0.05, 0.1) is 12.7 Å². The van der Waals surface area contributed by atoms with Gasteiger partial charge in [-0.25, -0.2) is 0 Å². The van der Waals surface area contributed by atoms with Crippen molar-refractivity contribution in [1.29, 1.82) is 0 Å². The van der Waals surface area contributed by atoms with E-state index < -0.39 is 0 Å². The fourth-order valence-electron chi connectivity index (χ4n) is 2.42. The maximum Gasteiger partial charge on any atom is 0.0519 e. The first kappa shape index (κ1) is 13.0. The van der Waals surface area contributed by atoms with Crippen LogP contribution in [-0.4, -0.2) is 25.8 Å². The Morgan fingerprint density at radius 3 is 2.47 bits per heavy atom. The Labute approximate surface area is 94.8 Å². The molecule has 0 bridgehead atoms. The molecule has 1 rings (SSSR count). The molecule has 90 valence electrons. The molecule has 0 aromatic heterocycles. The van der Waals surface area contributed by atoms with E-state index in [1.54, 1.807) is 0 Å². The lowest BCUT2D eigenvalue weighted by molar-refractivity contribution is 0.0224. The van der Waals surface area contributed by atoms with Crippen LogP contribution in [-0.2, 0) is 4.74 Å². The number of nitrogens with one attached hydrogen (secondary N) is 1. The van der Waals surface area contributed by atoms with Gasteiger partial charge < -0.3 is 10.1 Å². The molecule has 1 N–H and O–H groups in total. The van der Waals surface area contributed by atoms with Crippen LogP contribution in [0.15, 0.2) is 0 Å². The molecular formula is C13H27NO. The highest BCUT2D eigenvalue weighted by molar-refractivity contribution is 4.77. The summed E-state index contributed by atoms with van der Waals surface area (Å²) in [6.45, 7) is 9.68. The first-order valence-corrected chi connectivity index (χ1v) is 6.56. The monoisotopic (exact) mass is 213 g/mol. The Bertz CT molecular complexity index is 159. The summed E-state index contributed by atoms with van der Waals surface area (Å²) in [4.78, 5) is 0. The highest BCUT2D eigenvalue weighted by atomic mass is 16.5. The van der Waals surface area contributed by atoms with Crippen LogP contribution in [0.1, 0.15) is 46.5 Å². The van der Waals surface area contributed by atoms with Crippen LogP contribution >= 0.6 is 0 Å². The number of hydrogen-bond acceptors (Lipinski definition) is 2. The molecule has 1 fully saturated rings. The number of hydrogen-bond donors (Lipinski definition) is 1. The third-order valence-corrected chi connectivity index (χ3v) is 3.37. The lowest BCUT2D eigenvalue weighted by Crippen LogP contribution is -2.33. The minimum atomic E-state index is 0.381. The number of ether oxygens (including phenoxy) is 1. The van der Waals surface area contributed by atoms with E-state index in [4.69, 9.17) is 4.74 Å². The van der Waals surface area contributed by atoms with Crippen molar-refractivity contribution in [2.45, 2.75) is 52.6 Å². The highest BCUT2D eigenvalue weighted by Crippen LogP contribution is 2.30. The fourth-order valence-corrected chi connectivity index (χ4v) is 2.42. The van der Waals surface area contributed by atoms with Gasteiger partial charge in [-0.1, -0.05) is 19.8 Å². The predicted molar refractivity (Wildman–Crippen MR) is 65.1 cm³/mol. The van der Waals surface area contributed by atoms with Crippen LogP contribution in [0, 0.1) is 11.8 Å². The summed E-state index contributed by atoms with van der Waals surface area (Å²) < 4.78 is 5.76. The van der Waals surface area contributed by atoms with Crippen molar-refractivity contribution in [3.05, 3.63) is 0 Å². The molecule has 2 unspecified atom stereocenters. The van der Waals surface area contributed by atoms with E-state index in [2.05, 4.69) is 26.1 Å². The van der Waals surface area contributed by atoms with Gasteiger partial charge in [-0.2, -0.15) is 0 Å². The molecular weight excluding hydrogens is 186 g/mol. The second-order valence-electron chi connectivity index (χ2n) is 4.99. The first-order chi connectivity index (χ1) is 7.24. The summed E-state index contributed by atoms with van der Waals surface area (Å²) in [7, 11) is 0. The lowest BCUT2D eigenvalue weighted by atomic mass is 9.79. The largest absolute Gasteiger partial charge is 0.378 e. The van der Waals surface area contributed by atoms with E-state index in [0.717, 1.165) is 25.0 Å². The Balaban J connectivity index is 2.29. The number of rotatable bonds is 6. The molecule has 0 aromatic carbocycles. The summed E-state index contributed by atoms with van der Waals surface area (Å²) in [6, 6.07) is 0. The van der Waals surface area contributed by atoms with E-state index in [-0.39, 0.29) is 0 Å². The Kier molecular flexibility index (Phi) is 6.26. The van der Waals surface area contributed by atoms with Gasteiger partial charge in [0.1, 0.15) is 0 Å². The minimum absolute atomic E-state index is 0.381. The summed E-state index contributed by atoms with van der Waals surface area (Å²) in [6.07, 6.45) is 5.94. The van der Waals surface area contributed by atoms with Gasteiger partial charge in [0.2, 0.25) is 0 Å². The fraction of sp³-hybridized carbons (Fsp3) is 1.00. The molecule has 0 heterocycles. The van der Waals surface area contributed by atoms with Crippen LogP contribution in [0.5, 0.6) is 0 Å². The third kappa shape index (κ3) is 4.98. The second kappa shape index (κ2) is 7.24. The molecule has 0 saturated heterocycles. The van der Waals surface area contributed by atoms with Crippen LogP contribution in [0.3, 0.4) is 0 Å². The van der Waals surface area contributed by atoms with Crippen molar-refractivity contribution in [3.63, 3.8) is 0 Å². The zero-order valence-electron chi connectivity index (χ0n) is 10.6. The van der Waals surface area contributed by atoms with E-state index >= 15 is 0 Å². The zero-order chi connectivity index (χ0) is 11.1. The quantitative estimate of drug-likeness (QED) is 0.732. The van der Waals surface area contributed by atoms with Crippen molar-refractivity contribution >= 4 is 0 Å². The normalized spacial score (nSPS) is 27.2. The maximum atomic E-state index is 5.76. The summed E-state index contributed by atoms with van der Waals surface area (Å²) in [5, 5.41) is 3.48.